The van der Waals surface area contributed by atoms with E-state index in [1.54, 1.807) is 0 Å². The van der Waals surface area contributed by atoms with Crippen LogP contribution in [0.2, 0.25) is 0 Å². The van der Waals surface area contributed by atoms with Gasteiger partial charge in [0, 0.05) is 0 Å². The zero-order chi connectivity index (χ0) is 5.41. The van der Waals surface area contributed by atoms with E-state index in [0.29, 0.717) is 0 Å². The van der Waals surface area contributed by atoms with E-state index in [1.807, 2.05) is 0 Å². The maximum atomic E-state index is 8.36. The van der Waals surface area contributed by atoms with Gasteiger partial charge in [-0.1, -0.05) is 0 Å². The van der Waals surface area contributed by atoms with Crippen LogP contribution in [0, 0.1) is 0 Å². The van der Waals surface area contributed by atoms with Crippen LogP contribution in [0.15, 0.2) is 0 Å². The van der Waals surface area contributed by atoms with Crippen LogP contribution in [-0.4, -0.2) is 28.6 Å². The molecule has 0 spiro atoms. The SMILES string of the molecule is O.O=CO.O=CO.[NH2-].[NH2-].[NH2-].[NH2-].[NH2-].[NH2-].[NH2-].[NH2-].[Ru+5].[Ru+5]. The van der Waals surface area contributed by atoms with Crippen molar-refractivity contribution in [3.05, 3.63) is 49.2 Å². The Bertz CT molecular complexity index is 50.9. The zero-order valence-corrected chi connectivity index (χ0v) is 12.2. The third-order valence-corrected chi connectivity index (χ3v) is 0. The Kier molecular flexibility index (Phi) is 17700. The van der Waals surface area contributed by atoms with Crippen LogP contribution >= 0.6 is 0 Å². The van der Waals surface area contributed by atoms with Crippen LogP contribution in [-0.2, 0) is 48.5 Å². The summed E-state index contributed by atoms with van der Waals surface area (Å²) in [4.78, 5) is 16.7. The Balaban J connectivity index is -0.00000000104. The first-order chi connectivity index (χ1) is 2.83. The summed E-state index contributed by atoms with van der Waals surface area (Å²) in [7, 11) is 0. The van der Waals surface area contributed by atoms with Crippen molar-refractivity contribution in [3.63, 3.8) is 0 Å². The molecule has 114 valence electrons. The molecule has 0 aromatic heterocycles. The van der Waals surface area contributed by atoms with Gasteiger partial charge >= 0.3 is 39.0 Å². The Morgan fingerprint density at radius 1 is 0.529 bits per heavy atom. The number of hydrogen-bond donors (Lipinski definition) is 2. The molecule has 17 heavy (non-hydrogen) atoms. The first-order valence-corrected chi connectivity index (χ1v) is 0.988. The molecule has 0 rings (SSSR count). The summed E-state index contributed by atoms with van der Waals surface area (Å²) in [5.41, 5.74) is 0. The normalized spacial score (nSPS) is 1.41. The summed E-state index contributed by atoms with van der Waals surface area (Å²) in [6.07, 6.45) is 0. The third kappa shape index (κ3) is 101000. The molecule has 0 atom stereocenters. The van der Waals surface area contributed by atoms with Crippen LogP contribution in [0.5, 0.6) is 0 Å². The second kappa shape index (κ2) is 1040. The van der Waals surface area contributed by atoms with E-state index in [1.165, 1.54) is 0 Å². The van der Waals surface area contributed by atoms with E-state index in [0.717, 1.165) is 0 Å². The van der Waals surface area contributed by atoms with E-state index >= 15 is 0 Å². The smallest absolute Gasteiger partial charge is 0.693 e. The number of carboxylic acid groups (broad SMARTS) is 2. The molecule has 0 heterocycles. The molecule has 0 aliphatic heterocycles. The molecule has 13 nitrogen and oxygen atoms in total. The van der Waals surface area contributed by atoms with Crippen molar-refractivity contribution < 1.29 is 64.2 Å². The van der Waals surface area contributed by atoms with Gasteiger partial charge < -0.3 is 64.9 Å². The summed E-state index contributed by atoms with van der Waals surface area (Å²) < 4.78 is 0. The molecule has 0 aliphatic rings. The van der Waals surface area contributed by atoms with Gasteiger partial charge in [0.05, 0.1) is 0 Å². The third-order valence-electron chi connectivity index (χ3n) is 0. The van der Waals surface area contributed by atoms with Gasteiger partial charge in [-0.25, -0.2) is 0 Å². The Morgan fingerprint density at radius 2 is 0.529 bits per heavy atom. The molecule has 0 amide bonds. The number of nitrogens with two attached hydrogens (primary N) is 8. The molecule has 0 saturated heterocycles. The maximum Gasteiger partial charge on any atom is 5.00 e. The first-order valence-electron chi connectivity index (χ1n) is 0.988. The van der Waals surface area contributed by atoms with Gasteiger partial charge in [-0.15, -0.1) is 0 Å². The fraction of sp³-hybridized carbons (Fsp3) is 0. The average Bonchev–Trinajstić information content (AvgIpc) is 1.39. The summed E-state index contributed by atoms with van der Waals surface area (Å²) in [5, 5.41) is 13.8. The topological polar surface area (TPSA) is 374 Å². The van der Waals surface area contributed by atoms with Crippen molar-refractivity contribution in [2.45, 2.75) is 0 Å². The van der Waals surface area contributed by atoms with Crippen molar-refractivity contribution in [1.82, 2.24) is 0 Å². The number of rotatable bonds is 0. The van der Waals surface area contributed by atoms with Crippen molar-refractivity contribution in [2.24, 2.45) is 0 Å². The van der Waals surface area contributed by atoms with Crippen molar-refractivity contribution in [3.8, 4) is 0 Å². The van der Waals surface area contributed by atoms with Crippen LogP contribution in [0.25, 0.3) is 49.2 Å². The molecular weight excluding hydrogens is 418 g/mol. The van der Waals surface area contributed by atoms with Crippen LogP contribution < -0.4 is 0 Å². The van der Waals surface area contributed by atoms with Gasteiger partial charge in [-0.05, 0) is 0 Å². The van der Waals surface area contributed by atoms with Gasteiger partial charge in [0.25, 0.3) is 12.9 Å². The largest absolute Gasteiger partial charge is 5.00 e. The van der Waals surface area contributed by atoms with Crippen LogP contribution in [0.3, 0.4) is 0 Å². The summed E-state index contributed by atoms with van der Waals surface area (Å²) in [5.74, 6) is 0. The Hall–Kier alpha value is -0.173. The van der Waals surface area contributed by atoms with Crippen molar-refractivity contribution in [2.75, 3.05) is 0 Å². The molecule has 0 fully saturated rings. The molecule has 2 radical (unpaired) electrons. The van der Waals surface area contributed by atoms with Gasteiger partial charge in [-0.3, -0.25) is 9.59 Å². The minimum absolute atomic E-state index is 0. The molecule has 20 N–H and O–H groups in total. The zero-order valence-electron chi connectivity index (χ0n) is 8.69. The van der Waals surface area contributed by atoms with E-state index in [2.05, 4.69) is 0 Å². The second-order valence-electron chi connectivity index (χ2n) is 0.211. The minimum atomic E-state index is -0.250. The van der Waals surface area contributed by atoms with Gasteiger partial charge in [-0.2, -0.15) is 0 Å². The van der Waals surface area contributed by atoms with Crippen molar-refractivity contribution >= 4 is 12.9 Å². The summed E-state index contributed by atoms with van der Waals surface area (Å²) in [6, 6.07) is 0. The van der Waals surface area contributed by atoms with E-state index in [-0.39, 0.29) is 107 Å². The summed E-state index contributed by atoms with van der Waals surface area (Å²) >= 11 is 0. The minimum Gasteiger partial charge on any atom is -0.693 e. The van der Waals surface area contributed by atoms with E-state index in [4.69, 9.17) is 19.8 Å². The number of hydrogen-bond acceptors (Lipinski definition) is 2. The second-order valence-corrected chi connectivity index (χ2v) is 0.211. The van der Waals surface area contributed by atoms with E-state index in [9.17, 15) is 0 Å². The Labute approximate surface area is 126 Å². The van der Waals surface area contributed by atoms with Crippen LogP contribution in [0.4, 0.5) is 0 Å². The first kappa shape index (κ1) is 288. The molecule has 15 heteroatoms. The molecule has 0 aromatic carbocycles. The molecule has 0 aromatic rings. The van der Waals surface area contributed by atoms with E-state index < -0.39 is 0 Å². The van der Waals surface area contributed by atoms with Crippen LogP contribution in [0.1, 0.15) is 0 Å². The molecule has 0 saturated carbocycles. The summed E-state index contributed by atoms with van der Waals surface area (Å²) in [6.45, 7) is -0.500. The molecule has 0 aliphatic carbocycles. The van der Waals surface area contributed by atoms with Crippen molar-refractivity contribution in [1.29, 1.82) is 0 Å². The fourth-order valence-corrected chi connectivity index (χ4v) is 0. The van der Waals surface area contributed by atoms with Gasteiger partial charge in [0.1, 0.15) is 0 Å². The molecular formula is C2H22N8O5Ru2+2. The standard InChI is InChI=1S/2CH2O2.8H2N.H2O.2Ru/c2*2-1-3;;;;;;;;;;;/h2*1H,(H,2,3);9*1H2;;/q;;8*-1;;2*+5. The monoisotopic (exact) mass is 442 g/mol. The fourth-order valence-electron chi connectivity index (χ4n) is 0. The molecule has 0 bridgehead atoms. The molecule has 0 unspecified atom stereocenters. The van der Waals surface area contributed by atoms with Gasteiger partial charge in [0.2, 0.25) is 0 Å². The quantitative estimate of drug-likeness (QED) is 0.410. The Morgan fingerprint density at radius 3 is 0.529 bits per heavy atom. The average molecular weight is 440 g/mol. The predicted molar refractivity (Wildman–Crippen MR) is 63.3 cm³/mol. The van der Waals surface area contributed by atoms with Gasteiger partial charge in [0.15, 0.2) is 0 Å². The predicted octanol–water partition coefficient (Wildman–Crippen LogP) is 4.31. The number of carbonyl (C=O) groups is 2. The maximum absolute atomic E-state index is 8.36.